The van der Waals surface area contributed by atoms with Crippen LogP contribution in [-0.2, 0) is 27.9 Å². The molecule has 11 nitrogen and oxygen atoms in total. The number of nitrogen functional groups attached to an aromatic ring is 1. The van der Waals surface area contributed by atoms with Gasteiger partial charge in [-0.15, -0.1) is 0 Å². The van der Waals surface area contributed by atoms with E-state index in [2.05, 4.69) is 10.1 Å². The third-order valence-corrected chi connectivity index (χ3v) is 6.60. The third kappa shape index (κ3) is 4.87. The van der Waals surface area contributed by atoms with Gasteiger partial charge in [-0.2, -0.15) is 4.98 Å². The molecule has 0 saturated carbocycles. The Morgan fingerprint density at radius 1 is 1.55 bits per heavy atom. The molecule has 0 spiro atoms. The van der Waals surface area contributed by atoms with E-state index in [1.807, 2.05) is 13.8 Å². The number of anilines is 1. The minimum Gasteiger partial charge on any atom is -0.465 e. The van der Waals surface area contributed by atoms with Crippen LogP contribution in [0.2, 0.25) is 0 Å². The highest BCUT2D eigenvalue weighted by Gasteiger charge is 2.52. The lowest BCUT2D eigenvalue weighted by Crippen LogP contribution is -2.42. The maximum absolute atomic E-state index is 13.0. The first-order chi connectivity index (χ1) is 13.7. The lowest BCUT2D eigenvalue weighted by Gasteiger charge is -2.33. The maximum atomic E-state index is 13.0. The summed E-state index contributed by atoms with van der Waals surface area (Å²) in [5.74, 6) is -0.743. The van der Waals surface area contributed by atoms with Crippen molar-refractivity contribution in [2.75, 3.05) is 18.9 Å². The highest BCUT2D eigenvalue weighted by Crippen LogP contribution is 2.54. The fourth-order valence-corrected chi connectivity index (χ4v) is 5.05. The number of nitrogens with one attached hydrogen (secondary N) is 1. The van der Waals surface area contributed by atoms with E-state index < -0.39 is 43.9 Å². The zero-order chi connectivity index (χ0) is 21.2. The zero-order valence-electron chi connectivity index (χ0n) is 16.6. The summed E-state index contributed by atoms with van der Waals surface area (Å²) in [6, 6.07) is 0.626. The number of nitrogens with two attached hydrogens (primary N) is 1. The van der Waals surface area contributed by atoms with Crippen LogP contribution in [0.5, 0.6) is 0 Å². The van der Waals surface area contributed by atoms with Crippen molar-refractivity contribution in [3.8, 4) is 0 Å². The summed E-state index contributed by atoms with van der Waals surface area (Å²) >= 11 is 0. The summed E-state index contributed by atoms with van der Waals surface area (Å²) in [6.45, 7) is 5.62. The van der Waals surface area contributed by atoms with Gasteiger partial charge < -0.3 is 15.2 Å². The molecule has 0 radical (unpaired) electrons. The van der Waals surface area contributed by atoms with E-state index >= 15 is 0 Å². The van der Waals surface area contributed by atoms with Gasteiger partial charge in [0.2, 0.25) is 0 Å². The number of nitrogens with zero attached hydrogens (tertiary/aromatic N) is 2. The molecule has 0 aromatic carbocycles. The molecule has 3 rings (SSSR count). The number of aromatic nitrogens is 2. The molecular weight excluding hydrogens is 403 g/mol. The van der Waals surface area contributed by atoms with Gasteiger partial charge in [0.15, 0.2) is 0 Å². The predicted octanol–water partition coefficient (Wildman–Crippen LogP) is 1.20. The number of hydrogen-bond acceptors (Lipinski definition) is 9. The number of esters is 1. The Labute approximate surface area is 168 Å². The number of fused-ring (bicyclic) bond motifs is 1. The van der Waals surface area contributed by atoms with Crippen LogP contribution in [0, 0.1) is 5.92 Å². The van der Waals surface area contributed by atoms with Crippen molar-refractivity contribution in [1.29, 1.82) is 0 Å². The van der Waals surface area contributed by atoms with E-state index in [0.29, 0.717) is 6.61 Å². The predicted molar refractivity (Wildman–Crippen MR) is 103 cm³/mol. The molecule has 2 fully saturated rings. The van der Waals surface area contributed by atoms with Crippen molar-refractivity contribution < 1.29 is 27.9 Å². The Morgan fingerprint density at radius 3 is 3.00 bits per heavy atom. The van der Waals surface area contributed by atoms with Gasteiger partial charge in [-0.1, -0.05) is 20.3 Å². The molecule has 3 heterocycles. The second kappa shape index (κ2) is 8.93. The van der Waals surface area contributed by atoms with Crippen LogP contribution in [-0.4, -0.2) is 47.0 Å². The van der Waals surface area contributed by atoms with Crippen LogP contribution in [0.25, 0.3) is 0 Å². The highest BCUT2D eigenvalue weighted by atomic mass is 31.2. The first-order valence-corrected chi connectivity index (χ1v) is 11.2. The molecule has 2 aliphatic rings. The molecule has 1 aromatic rings. The number of ether oxygens (including phenoxy) is 2. The molecule has 0 amide bonds. The Balaban J connectivity index is 1.66. The summed E-state index contributed by atoms with van der Waals surface area (Å²) in [5, 5.41) is 2.61. The van der Waals surface area contributed by atoms with Gasteiger partial charge in [0, 0.05) is 12.1 Å². The van der Waals surface area contributed by atoms with Crippen LogP contribution in [0.4, 0.5) is 5.82 Å². The standard InChI is InChI=1S/C17H27N4O7P/c1-4-5-8-25-16(22)11(3)20-29(24)26-9-12-14(28-29)10(2)15(27-12)21-7-6-13(18)19-17(21)23/h6-7,10-12,14-15H,4-5,8-9H2,1-3H3,(H,20,24)(H2,18,19,23)/t10-,11-,12+,14-,15+,29?/m0/s1. The second-order valence-corrected chi connectivity index (χ2v) is 8.92. The summed E-state index contributed by atoms with van der Waals surface area (Å²) < 4.78 is 36.4. The molecule has 2 aliphatic heterocycles. The van der Waals surface area contributed by atoms with Crippen molar-refractivity contribution >= 4 is 19.5 Å². The number of unbranched alkanes of at least 4 members (excludes halogenated alkanes) is 1. The first-order valence-electron chi connectivity index (χ1n) is 9.61. The smallest absolute Gasteiger partial charge is 0.406 e. The Kier molecular flexibility index (Phi) is 6.75. The number of carbonyl (C=O) groups is 1. The quantitative estimate of drug-likeness (QED) is 0.368. The zero-order valence-corrected chi connectivity index (χ0v) is 17.5. The molecule has 1 unspecified atom stereocenters. The minimum atomic E-state index is -3.76. The summed E-state index contributed by atoms with van der Waals surface area (Å²) in [4.78, 5) is 27.9. The summed E-state index contributed by atoms with van der Waals surface area (Å²) in [5.41, 5.74) is 4.98. The van der Waals surface area contributed by atoms with Crippen LogP contribution >= 0.6 is 7.75 Å². The molecule has 0 aliphatic carbocycles. The lowest BCUT2D eigenvalue weighted by molar-refractivity contribution is -0.145. The minimum absolute atomic E-state index is 0.00939. The second-order valence-electron chi connectivity index (χ2n) is 7.20. The summed E-state index contributed by atoms with van der Waals surface area (Å²) in [7, 11) is -3.76. The van der Waals surface area contributed by atoms with Crippen molar-refractivity contribution in [2.24, 2.45) is 5.92 Å². The van der Waals surface area contributed by atoms with Crippen molar-refractivity contribution in [3.05, 3.63) is 22.7 Å². The number of carbonyl (C=O) groups excluding carboxylic acids is 1. The highest BCUT2D eigenvalue weighted by molar-refractivity contribution is 7.51. The Morgan fingerprint density at radius 2 is 2.31 bits per heavy atom. The van der Waals surface area contributed by atoms with Gasteiger partial charge in [-0.05, 0) is 19.4 Å². The van der Waals surface area contributed by atoms with Crippen molar-refractivity contribution in [1.82, 2.24) is 14.6 Å². The Hall–Kier alpha value is -1.78. The van der Waals surface area contributed by atoms with E-state index in [-0.39, 0.29) is 18.3 Å². The molecule has 3 N–H and O–H groups in total. The van der Waals surface area contributed by atoms with E-state index in [1.54, 1.807) is 0 Å². The van der Waals surface area contributed by atoms with E-state index in [4.69, 9.17) is 24.3 Å². The van der Waals surface area contributed by atoms with E-state index in [9.17, 15) is 14.2 Å². The monoisotopic (exact) mass is 430 g/mol. The van der Waals surface area contributed by atoms with Crippen LogP contribution in [0.3, 0.4) is 0 Å². The van der Waals surface area contributed by atoms with Crippen LogP contribution in [0.1, 0.15) is 39.8 Å². The van der Waals surface area contributed by atoms with Gasteiger partial charge in [-0.25, -0.2) is 14.4 Å². The topological polar surface area (TPSA) is 144 Å². The molecule has 162 valence electrons. The molecular formula is C17H27N4O7P. The first kappa shape index (κ1) is 21.9. The maximum Gasteiger partial charge on any atom is 0.406 e. The lowest BCUT2D eigenvalue weighted by atomic mass is 10.0. The number of hydrogen-bond donors (Lipinski definition) is 2. The van der Waals surface area contributed by atoms with Gasteiger partial charge in [0.05, 0.1) is 13.2 Å². The summed E-state index contributed by atoms with van der Waals surface area (Å²) in [6.07, 6.45) is 1.36. The van der Waals surface area contributed by atoms with Gasteiger partial charge in [-0.3, -0.25) is 18.4 Å². The normalized spacial score (nSPS) is 32.5. The SMILES string of the molecule is CCCCOC(=O)[C@H](C)NP1(=O)OC[C@H]2O[C@@H](n3ccc(N)nc3=O)[C@@H](C)[C@@H]2O1. The average Bonchev–Trinajstić information content (AvgIpc) is 2.97. The van der Waals surface area contributed by atoms with Gasteiger partial charge in [0.25, 0.3) is 0 Å². The van der Waals surface area contributed by atoms with E-state index in [1.165, 1.54) is 23.8 Å². The molecule has 1 aromatic heterocycles. The van der Waals surface area contributed by atoms with Crippen LogP contribution in [0.15, 0.2) is 17.1 Å². The average molecular weight is 430 g/mol. The largest absolute Gasteiger partial charge is 0.465 e. The van der Waals surface area contributed by atoms with E-state index in [0.717, 1.165) is 12.8 Å². The van der Waals surface area contributed by atoms with Crippen molar-refractivity contribution in [2.45, 2.75) is 58.1 Å². The van der Waals surface area contributed by atoms with Gasteiger partial charge >= 0.3 is 19.4 Å². The molecule has 0 bridgehead atoms. The van der Waals surface area contributed by atoms with Gasteiger partial charge in [0.1, 0.15) is 30.3 Å². The molecule has 2 saturated heterocycles. The molecule has 6 atom stereocenters. The number of rotatable bonds is 7. The Bertz CT molecular complexity index is 847. The molecule has 29 heavy (non-hydrogen) atoms. The fraction of sp³-hybridized carbons (Fsp3) is 0.706. The van der Waals surface area contributed by atoms with Crippen molar-refractivity contribution in [3.63, 3.8) is 0 Å². The van der Waals surface area contributed by atoms with Crippen LogP contribution < -0.4 is 16.5 Å². The molecule has 12 heteroatoms. The fourth-order valence-electron chi connectivity index (χ4n) is 3.28. The third-order valence-electron chi connectivity index (χ3n) is 4.89.